The number of hydrogen-bond acceptors (Lipinski definition) is 0. The van der Waals surface area contributed by atoms with Gasteiger partial charge in [-0.3, -0.25) is 0 Å². The van der Waals surface area contributed by atoms with Crippen molar-refractivity contribution in [3.8, 4) is 0 Å². The SMILES string of the molecule is CCCCCCCC(C)C1CCC(C2CCC(C(C)CC(CC)C(C)C)C2)CC1. The Bertz CT molecular complexity index is 402. The molecule has 5 unspecified atom stereocenters. The maximum absolute atomic E-state index is 2.58. The summed E-state index contributed by atoms with van der Waals surface area (Å²) in [6, 6.07) is 0. The van der Waals surface area contributed by atoms with Crippen LogP contribution in [0, 0.1) is 47.3 Å². The zero-order valence-electron chi connectivity index (χ0n) is 21.2. The first-order chi connectivity index (χ1) is 14.0. The van der Waals surface area contributed by atoms with Gasteiger partial charge < -0.3 is 0 Å². The number of rotatable bonds is 13. The highest BCUT2D eigenvalue weighted by Gasteiger charge is 2.36. The van der Waals surface area contributed by atoms with Crippen LogP contribution in [0.2, 0.25) is 0 Å². The molecular formula is C29H56. The highest BCUT2D eigenvalue weighted by molar-refractivity contribution is 4.87. The molecule has 0 aromatic heterocycles. The van der Waals surface area contributed by atoms with Gasteiger partial charge in [0.2, 0.25) is 0 Å². The predicted molar refractivity (Wildman–Crippen MR) is 131 cm³/mol. The van der Waals surface area contributed by atoms with Gasteiger partial charge >= 0.3 is 0 Å². The van der Waals surface area contributed by atoms with Crippen LogP contribution in [0.15, 0.2) is 0 Å². The fourth-order valence-corrected chi connectivity index (χ4v) is 7.07. The molecule has 0 aromatic rings. The van der Waals surface area contributed by atoms with Crippen molar-refractivity contribution < 1.29 is 0 Å². The topological polar surface area (TPSA) is 0 Å². The van der Waals surface area contributed by atoms with E-state index in [9.17, 15) is 0 Å². The van der Waals surface area contributed by atoms with Gasteiger partial charge in [0.1, 0.15) is 0 Å². The molecule has 2 aliphatic carbocycles. The third-order valence-electron chi connectivity index (χ3n) is 9.51. The molecule has 0 nitrogen and oxygen atoms in total. The predicted octanol–water partition coefficient (Wildman–Crippen LogP) is 9.91. The average Bonchev–Trinajstić information content (AvgIpc) is 3.22. The zero-order chi connectivity index (χ0) is 21.2. The molecule has 0 amide bonds. The minimum atomic E-state index is 0.864. The molecule has 0 bridgehead atoms. The van der Waals surface area contributed by atoms with Crippen molar-refractivity contribution in [3.63, 3.8) is 0 Å². The Morgan fingerprint density at radius 2 is 1.28 bits per heavy atom. The summed E-state index contributed by atoms with van der Waals surface area (Å²) in [4.78, 5) is 0. The van der Waals surface area contributed by atoms with E-state index in [1.54, 1.807) is 38.5 Å². The quantitative estimate of drug-likeness (QED) is 0.268. The van der Waals surface area contributed by atoms with E-state index in [0.717, 1.165) is 47.3 Å². The van der Waals surface area contributed by atoms with Crippen LogP contribution >= 0.6 is 0 Å². The molecule has 2 aliphatic rings. The Kier molecular flexibility index (Phi) is 11.7. The molecule has 5 atom stereocenters. The second-order valence-electron chi connectivity index (χ2n) is 11.8. The van der Waals surface area contributed by atoms with E-state index in [-0.39, 0.29) is 0 Å². The van der Waals surface area contributed by atoms with Gasteiger partial charge in [-0.15, -0.1) is 0 Å². The molecule has 0 aromatic carbocycles. The van der Waals surface area contributed by atoms with Gasteiger partial charge in [-0.1, -0.05) is 86.5 Å². The van der Waals surface area contributed by atoms with Crippen LogP contribution in [0.3, 0.4) is 0 Å². The number of hydrogen-bond donors (Lipinski definition) is 0. The van der Waals surface area contributed by atoms with Crippen molar-refractivity contribution in [3.05, 3.63) is 0 Å². The normalized spacial score (nSPS) is 31.1. The zero-order valence-corrected chi connectivity index (χ0v) is 21.2. The third kappa shape index (κ3) is 8.22. The first-order valence-electron chi connectivity index (χ1n) is 14.0. The van der Waals surface area contributed by atoms with Crippen molar-refractivity contribution in [2.24, 2.45) is 47.3 Å². The van der Waals surface area contributed by atoms with Crippen LogP contribution in [-0.4, -0.2) is 0 Å². The standard InChI is InChI=1S/C29H56/c1-7-9-10-11-12-13-23(5)26-14-16-27(17-15-26)29-19-18-28(21-29)24(6)20-25(8-2)22(3)4/h22-29H,7-21H2,1-6H3. The lowest BCUT2D eigenvalue weighted by Crippen LogP contribution is -2.24. The number of unbranched alkanes of at least 4 members (excludes halogenated alkanes) is 4. The molecule has 29 heavy (non-hydrogen) atoms. The lowest BCUT2D eigenvalue weighted by molar-refractivity contribution is 0.158. The summed E-state index contributed by atoms with van der Waals surface area (Å²) in [5.74, 6) is 7.98. The smallest absolute Gasteiger partial charge is 0.0383 e. The fraction of sp³-hybridized carbons (Fsp3) is 1.00. The molecule has 0 saturated heterocycles. The largest absolute Gasteiger partial charge is 0.0654 e. The van der Waals surface area contributed by atoms with Crippen molar-refractivity contribution in [1.29, 1.82) is 0 Å². The van der Waals surface area contributed by atoms with Crippen molar-refractivity contribution in [1.82, 2.24) is 0 Å². The fourth-order valence-electron chi connectivity index (χ4n) is 7.07. The van der Waals surface area contributed by atoms with E-state index in [2.05, 4.69) is 41.5 Å². The van der Waals surface area contributed by atoms with Gasteiger partial charge in [0.25, 0.3) is 0 Å². The summed E-state index contributed by atoms with van der Waals surface area (Å²) in [5, 5.41) is 0. The minimum Gasteiger partial charge on any atom is -0.0654 e. The van der Waals surface area contributed by atoms with Crippen LogP contribution in [-0.2, 0) is 0 Å². The Morgan fingerprint density at radius 1 is 0.655 bits per heavy atom. The van der Waals surface area contributed by atoms with E-state index in [4.69, 9.17) is 0 Å². The second kappa shape index (κ2) is 13.4. The van der Waals surface area contributed by atoms with Gasteiger partial charge in [0.15, 0.2) is 0 Å². The van der Waals surface area contributed by atoms with E-state index in [0.29, 0.717) is 0 Å². The summed E-state index contributed by atoms with van der Waals surface area (Å²) in [6.45, 7) is 14.7. The molecule has 0 radical (unpaired) electrons. The molecule has 172 valence electrons. The monoisotopic (exact) mass is 404 g/mol. The van der Waals surface area contributed by atoms with E-state index in [1.807, 2.05) is 0 Å². The van der Waals surface area contributed by atoms with Crippen molar-refractivity contribution >= 4 is 0 Å². The van der Waals surface area contributed by atoms with Crippen LogP contribution in [0.5, 0.6) is 0 Å². The maximum Gasteiger partial charge on any atom is -0.0383 e. The lowest BCUT2D eigenvalue weighted by Gasteiger charge is -2.35. The first kappa shape index (κ1) is 25.3. The third-order valence-corrected chi connectivity index (χ3v) is 9.51. The van der Waals surface area contributed by atoms with Gasteiger partial charge in [0.05, 0.1) is 0 Å². The highest BCUT2D eigenvalue weighted by atomic mass is 14.4. The Hall–Kier alpha value is 0. The van der Waals surface area contributed by atoms with Crippen LogP contribution < -0.4 is 0 Å². The minimum absolute atomic E-state index is 0.864. The molecule has 0 aliphatic heterocycles. The van der Waals surface area contributed by atoms with Crippen molar-refractivity contribution in [2.45, 2.75) is 138 Å². The molecule has 2 fully saturated rings. The van der Waals surface area contributed by atoms with Gasteiger partial charge in [-0.2, -0.15) is 0 Å². The summed E-state index contributed by atoms with van der Waals surface area (Å²) in [7, 11) is 0. The summed E-state index contributed by atoms with van der Waals surface area (Å²) in [5.41, 5.74) is 0. The molecule has 0 heterocycles. The Labute approximate surface area is 185 Å². The second-order valence-corrected chi connectivity index (χ2v) is 11.8. The van der Waals surface area contributed by atoms with E-state index < -0.39 is 0 Å². The maximum atomic E-state index is 2.58. The van der Waals surface area contributed by atoms with Crippen LogP contribution in [0.1, 0.15) is 138 Å². The molecule has 2 rings (SSSR count). The molecule has 0 heteroatoms. The molecule has 0 N–H and O–H groups in total. The van der Waals surface area contributed by atoms with Gasteiger partial charge in [0, 0.05) is 0 Å². The summed E-state index contributed by atoms with van der Waals surface area (Å²) >= 11 is 0. The van der Waals surface area contributed by atoms with E-state index >= 15 is 0 Å². The van der Waals surface area contributed by atoms with Crippen LogP contribution in [0.4, 0.5) is 0 Å². The highest BCUT2D eigenvalue weighted by Crippen LogP contribution is 2.47. The van der Waals surface area contributed by atoms with Crippen molar-refractivity contribution in [2.75, 3.05) is 0 Å². The average molecular weight is 405 g/mol. The van der Waals surface area contributed by atoms with Gasteiger partial charge in [-0.25, -0.2) is 0 Å². The summed E-state index contributed by atoms with van der Waals surface area (Å²) in [6.07, 6.45) is 22.4. The Balaban J connectivity index is 1.67. The summed E-state index contributed by atoms with van der Waals surface area (Å²) < 4.78 is 0. The Morgan fingerprint density at radius 3 is 1.90 bits per heavy atom. The van der Waals surface area contributed by atoms with E-state index in [1.165, 1.54) is 57.8 Å². The first-order valence-corrected chi connectivity index (χ1v) is 14.0. The molecule has 0 spiro atoms. The lowest BCUT2D eigenvalue weighted by atomic mass is 9.70. The van der Waals surface area contributed by atoms with Gasteiger partial charge in [-0.05, 0) is 98.7 Å². The molecule has 2 saturated carbocycles. The van der Waals surface area contributed by atoms with Crippen LogP contribution in [0.25, 0.3) is 0 Å². The molecular weight excluding hydrogens is 348 g/mol.